The number of hydrogen-bond acceptors (Lipinski definition) is 4. The minimum absolute atomic E-state index is 0.129. The number of pyridine rings is 1. The lowest BCUT2D eigenvalue weighted by Crippen LogP contribution is -2.04. The number of esters is 1. The molecule has 26 heavy (non-hydrogen) atoms. The molecule has 0 saturated carbocycles. The molecule has 0 saturated heterocycles. The van der Waals surface area contributed by atoms with E-state index in [0.29, 0.717) is 16.9 Å². The van der Waals surface area contributed by atoms with Gasteiger partial charge in [0.2, 0.25) is 0 Å². The largest absolute Gasteiger partial charge is 0.465 e. The first-order valence-electron chi connectivity index (χ1n) is 8.25. The molecule has 0 bridgehead atoms. The number of fused-ring (bicyclic) bond motifs is 2. The van der Waals surface area contributed by atoms with Crippen molar-refractivity contribution < 1.29 is 13.9 Å². The molecule has 1 aromatic carbocycles. The predicted octanol–water partition coefficient (Wildman–Crippen LogP) is 3.60. The van der Waals surface area contributed by atoms with Crippen molar-refractivity contribution in [1.29, 1.82) is 0 Å². The van der Waals surface area contributed by atoms with Crippen molar-refractivity contribution in [2.75, 3.05) is 7.11 Å². The fourth-order valence-electron chi connectivity index (χ4n) is 3.08. The van der Waals surface area contributed by atoms with Gasteiger partial charge in [0.15, 0.2) is 5.82 Å². The van der Waals surface area contributed by atoms with Crippen LogP contribution in [-0.4, -0.2) is 32.6 Å². The van der Waals surface area contributed by atoms with Crippen LogP contribution in [0.4, 0.5) is 4.39 Å². The number of nitrogens with one attached hydrogen (secondary N) is 1. The summed E-state index contributed by atoms with van der Waals surface area (Å²) in [7, 11) is 3.02. The molecule has 7 heteroatoms. The van der Waals surface area contributed by atoms with Crippen molar-refractivity contribution in [3.63, 3.8) is 0 Å². The van der Waals surface area contributed by atoms with Gasteiger partial charge in [0.05, 0.1) is 29.4 Å². The molecule has 1 N–H and O–H groups in total. The Balaban J connectivity index is 1.89. The van der Waals surface area contributed by atoms with Gasteiger partial charge in [-0.1, -0.05) is 6.92 Å². The normalized spacial score (nSPS) is 11.4. The maximum absolute atomic E-state index is 14.2. The van der Waals surface area contributed by atoms with E-state index in [1.54, 1.807) is 11.6 Å². The highest BCUT2D eigenvalue weighted by Crippen LogP contribution is 2.27. The van der Waals surface area contributed by atoms with Crippen molar-refractivity contribution in [2.24, 2.45) is 7.05 Å². The van der Waals surface area contributed by atoms with E-state index in [1.165, 1.54) is 19.2 Å². The van der Waals surface area contributed by atoms with Gasteiger partial charge in [-0.05, 0) is 30.7 Å². The number of aryl methyl sites for hydroxylation is 2. The van der Waals surface area contributed by atoms with Crippen molar-refractivity contribution >= 4 is 28.0 Å². The van der Waals surface area contributed by atoms with E-state index >= 15 is 0 Å². The smallest absolute Gasteiger partial charge is 0.340 e. The number of rotatable bonds is 3. The van der Waals surface area contributed by atoms with Crippen LogP contribution in [0.2, 0.25) is 0 Å². The second-order valence-electron chi connectivity index (χ2n) is 6.08. The van der Waals surface area contributed by atoms with E-state index in [0.717, 1.165) is 28.8 Å². The van der Waals surface area contributed by atoms with Gasteiger partial charge in [-0.2, -0.15) is 0 Å². The number of nitrogens with zero attached hydrogens (tertiary/aromatic N) is 3. The molecule has 0 aliphatic rings. The number of carbonyl (C=O) groups excluding carboxylic acids is 1. The Morgan fingerprint density at radius 3 is 2.81 bits per heavy atom. The molecule has 4 aromatic rings. The number of aromatic amines is 1. The number of imidazole rings is 1. The van der Waals surface area contributed by atoms with Crippen molar-refractivity contribution in [2.45, 2.75) is 13.3 Å². The Kier molecular flexibility index (Phi) is 3.72. The van der Waals surface area contributed by atoms with Gasteiger partial charge in [0, 0.05) is 24.2 Å². The number of ether oxygens (including phenoxy) is 1. The highest BCUT2D eigenvalue weighted by molar-refractivity contribution is 5.95. The molecule has 0 radical (unpaired) electrons. The molecule has 0 aliphatic carbocycles. The molecular formula is C19H17FN4O2. The average molecular weight is 352 g/mol. The highest BCUT2D eigenvalue weighted by atomic mass is 19.1. The zero-order valence-corrected chi connectivity index (χ0v) is 14.6. The zero-order chi connectivity index (χ0) is 18.4. The first kappa shape index (κ1) is 16.3. The van der Waals surface area contributed by atoms with E-state index in [-0.39, 0.29) is 5.56 Å². The van der Waals surface area contributed by atoms with Crippen LogP contribution in [0.15, 0.2) is 30.3 Å². The standard InChI is InChI=1S/C19H17FN4O2/c1-4-11-6-5-10-7-15(22-17(10)21-11)18-23-14-8-12(19(25)26-3)13(20)9-16(14)24(18)2/h5-9H,4H2,1-3H3,(H,21,22). The van der Waals surface area contributed by atoms with Crippen LogP contribution in [0, 0.1) is 5.82 Å². The monoisotopic (exact) mass is 352 g/mol. The predicted molar refractivity (Wildman–Crippen MR) is 96.5 cm³/mol. The maximum atomic E-state index is 14.2. The summed E-state index contributed by atoms with van der Waals surface area (Å²) in [5, 5.41) is 0.977. The summed E-state index contributed by atoms with van der Waals surface area (Å²) in [6.07, 6.45) is 0.853. The SMILES string of the molecule is CCc1ccc2cc(-c3nc4cc(C(=O)OC)c(F)cc4n3C)[nH]c2n1. The highest BCUT2D eigenvalue weighted by Gasteiger charge is 2.18. The summed E-state index contributed by atoms with van der Waals surface area (Å²) in [6.45, 7) is 2.05. The van der Waals surface area contributed by atoms with Crippen molar-refractivity contribution in [3.8, 4) is 11.5 Å². The topological polar surface area (TPSA) is 72.8 Å². The molecule has 0 fully saturated rings. The third kappa shape index (κ3) is 2.44. The van der Waals surface area contributed by atoms with Gasteiger partial charge in [-0.15, -0.1) is 0 Å². The van der Waals surface area contributed by atoms with Crippen LogP contribution in [0.25, 0.3) is 33.6 Å². The van der Waals surface area contributed by atoms with Crippen LogP contribution in [0.3, 0.4) is 0 Å². The van der Waals surface area contributed by atoms with Gasteiger partial charge < -0.3 is 14.3 Å². The molecule has 0 atom stereocenters. The first-order chi connectivity index (χ1) is 12.5. The van der Waals surface area contributed by atoms with Gasteiger partial charge in [0.25, 0.3) is 0 Å². The van der Waals surface area contributed by atoms with Gasteiger partial charge in [-0.25, -0.2) is 19.2 Å². The van der Waals surface area contributed by atoms with Crippen LogP contribution < -0.4 is 0 Å². The zero-order valence-electron chi connectivity index (χ0n) is 14.6. The Morgan fingerprint density at radius 1 is 1.27 bits per heavy atom. The second-order valence-corrected chi connectivity index (χ2v) is 6.08. The van der Waals surface area contributed by atoms with Crippen molar-refractivity contribution in [1.82, 2.24) is 19.5 Å². The van der Waals surface area contributed by atoms with E-state index in [2.05, 4.69) is 26.6 Å². The first-order valence-corrected chi connectivity index (χ1v) is 8.25. The summed E-state index contributed by atoms with van der Waals surface area (Å²) in [5.41, 5.74) is 3.54. The molecule has 0 spiro atoms. The molecule has 3 aromatic heterocycles. The average Bonchev–Trinajstić information content (AvgIpc) is 3.21. The van der Waals surface area contributed by atoms with Crippen LogP contribution in [0.5, 0.6) is 0 Å². The summed E-state index contributed by atoms with van der Waals surface area (Å²) in [5.74, 6) is -0.722. The Bertz CT molecular complexity index is 1160. The van der Waals surface area contributed by atoms with E-state index < -0.39 is 11.8 Å². The lowest BCUT2D eigenvalue weighted by Gasteiger charge is -2.02. The second kappa shape index (κ2) is 5.94. The number of aromatic nitrogens is 4. The Morgan fingerprint density at radius 2 is 2.08 bits per heavy atom. The lowest BCUT2D eigenvalue weighted by atomic mass is 10.2. The Labute approximate surface area is 148 Å². The third-order valence-corrected chi connectivity index (χ3v) is 4.52. The number of H-pyrrole nitrogens is 1. The number of methoxy groups -OCH3 is 1. The van der Waals surface area contributed by atoms with Crippen LogP contribution >= 0.6 is 0 Å². The molecule has 6 nitrogen and oxygen atoms in total. The minimum atomic E-state index is -0.724. The van der Waals surface area contributed by atoms with Crippen molar-refractivity contribution in [3.05, 3.63) is 47.4 Å². The number of hydrogen-bond donors (Lipinski definition) is 1. The molecule has 132 valence electrons. The Hall–Kier alpha value is -3.22. The fraction of sp³-hybridized carbons (Fsp3) is 0.211. The van der Waals surface area contributed by atoms with E-state index in [1.807, 2.05) is 18.2 Å². The molecule has 3 heterocycles. The fourth-order valence-corrected chi connectivity index (χ4v) is 3.08. The third-order valence-electron chi connectivity index (χ3n) is 4.52. The molecule has 0 unspecified atom stereocenters. The molecule has 0 aliphatic heterocycles. The van der Waals surface area contributed by atoms with Crippen LogP contribution in [0.1, 0.15) is 23.0 Å². The summed E-state index contributed by atoms with van der Waals surface area (Å²) < 4.78 is 20.6. The van der Waals surface area contributed by atoms with Gasteiger partial charge in [-0.3, -0.25) is 0 Å². The summed E-state index contributed by atoms with van der Waals surface area (Å²) >= 11 is 0. The van der Waals surface area contributed by atoms with E-state index in [9.17, 15) is 9.18 Å². The molecular weight excluding hydrogens is 335 g/mol. The maximum Gasteiger partial charge on any atom is 0.340 e. The minimum Gasteiger partial charge on any atom is -0.465 e. The summed E-state index contributed by atoms with van der Waals surface area (Å²) in [4.78, 5) is 24.1. The number of halogens is 1. The van der Waals surface area contributed by atoms with Crippen LogP contribution in [-0.2, 0) is 18.2 Å². The lowest BCUT2D eigenvalue weighted by molar-refractivity contribution is 0.0595. The summed E-state index contributed by atoms with van der Waals surface area (Å²) in [6, 6.07) is 8.68. The number of benzene rings is 1. The van der Waals surface area contributed by atoms with E-state index in [4.69, 9.17) is 0 Å². The molecule has 0 amide bonds. The van der Waals surface area contributed by atoms with Gasteiger partial charge in [0.1, 0.15) is 11.5 Å². The number of carbonyl (C=O) groups is 1. The quantitative estimate of drug-likeness (QED) is 0.572. The molecule has 4 rings (SSSR count). The van der Waals surface area contributed by atoms with Gasteiger partial charge >= 0.3 is 5.97 Å².